The van der Waals surface area contributed by atoms with E-state index in [0.29, 0.717) is 16.5 Å². The van der Waals surface area contributed by atoms with Gasteiger partial charge in [0.2, 0.25) is 0 Å². The van der Waals surface area contributed by atoms with Crippen molar-refractivity contribution in [2.24, 2.45) is 5.84 Å². The molecule has 17 heavy (non-hydrogen) atoms. The van der Waals surface area contributed by atoms with Crippen LogP contribution in [0, 0.1) is 0 Å². The van der Waals surface area contributed by atoms with E-state index in [1.807, 2.05) is 0 Å². The second-order valence-corrected chi connectivity index (χ2v) is 6.89. The van der Waals surface area contributed by atoms with Gasteiger partial charge in [-0.3, -0.25) is 11.3 Å². The van der Waals surface area contributed by atoms with Gasteiger partial charge in [-0.25, -0.2) is 8.42 Å². The summed E-state index contributed by atoms with van der Waals surface area (Å²) >= 11 is 11.7. The minimum Gasteiger partial charge on any atom is -0.271 e. The maximum atomic E-state index is 11.1. The van der Waals surface area contributed by atoms with Crippen molar-refractivity contribution in [3.05, 3.63) is 33.8 Å². The number of halogens is 2. The van der Waals surface area contributed by atoms with Crippen LogP contribution in [0.4, 0.5) is 0 Å². The third kappa shape index (κ3) is 4.81. The van der Waals surface area contributed by atoms with Crippen molar-refractivity contribution < 1.29 is 8.42 Å². The molecule has 0 heterocycles. The molecule has 0 amide bonds. The Hall–Kier alpha value is -0.330. The molecule has 4 nitrogen and oxygen atoms in total. The minimum absolute atomic E-state index is 0.0577. The van der Waals surface area contributed by atoms with E-state index in [9.17, 15) is 8.42 Å². The first-order valence-corrected chi connectivity index (χ1v) is 7.74. The fraction of sp³-hybridized carbons (Fsp3) is 0.400. The first-order valence-electron chi connectivity index (χ1n) is 4.92. The standard InChI is InChI=1S/C10H14Cl2N2O2S/c1-17(15,16)5-4-10(14-13)7-2-3-8(11)9(12)6-7/h2-3,6,10,14H,4-5,13H2,1H3. The lowest BCUT2D eigenvalue weighted by atomic mass is 10.1. The Morgan fingerprint density at radius 3 is 2.47 bits per heavy atom. The molecule has 1 rings (SSSR count). The van der Waals surface area contributed by atoms with Crippen LogP contribution in [0.15, 0.2) is 18.2 Å². The van der Waals surface area contributed by atoms with Crippen molar-refractivity contribution >= 4 is 33.0 Å². The van der Waals surface area contributed by atoms with Gasteiger partial charge >= 0.3 is 0 Å². The average molecular weight is 297 g/mol. The summed E-state index contributed by atoms with van der Waals surface area (Å²) in [4.78, 5) is 0. The van der Waals surface area contributed by atoms with Crippen LogP contribution in [0.3, 0.4) is 0 Å². The first kappa shape index (κ1) is 14.7. The van der Waals surface area contributed by atoms with Gasteiger partial charge in [-0.15, -0.1) is 0 Å². The molecule has 0 saturated carbocycles. The molecular weight excluding hydrogens is 283 g/mol. The molecule has 0 spiro atoms. The zero-order valence-electron chi connectivity index (χ0n) is 9.28. The maximum absolute atomic E-state index is 11.1. The van der Waals surface area contributed by atoms with E-state index in [0.717, 1.165) is 5.56 Å². The van der Waals surface area contributed by atoms with Crippen LogP contribution in [0.2, 0.25) is 10.0 Å². The number of hydrogen-bond donors (Lipinski definition) is 2. The Bertz CT molecular complexity index is 491. The van der Waals surface area contributed by atoms with Gasteiger partial charge in [0.05, 0.1) is 15.8 Å². The first-order chi connectivity index (χ1) is 7.83. The molecule has 0 aliphatic rings. The van der Waals surface area contributed by atoms with Gasteiger partial charge in [0.25, 0.3) is 0 Å². The normalized spacial score (nSPS) is 13.6. The van der Waals surface area contributed by atoms with Gasteiger partial charge in [0, 0.05) is 12.3 Å². The topological polar surface area (TPSA) is 72.2 Å². The van der Waals surface area contributed by atoms with Crippen LogP contribution in [0.25, 0.3) is 0 Å². The van der Waals surface area contributed by atoms with E-state index in [1.54, 1.807) is 18.2 Å². The van der Waals surface area contributed by atoms with Crippen molar-refractivity contribution in [3.63, 3.8) is 0 Å². The molecule has 1 aromatic carbocycles. The predicted molar refractivity (Wildman–Crippen MR) is 70.9 cm³/mol. The van der Waals surface area contributed by atoms with Crippen molar-refractivity contribution in [1.82, 2.24) is 5.43 Å². The summed E-state index contributed by atoms with van der Waals surface area (Å²) < 4.78 is 22.2. The molecule has 0 fully saturated rings. The lowest BCUT2D eigenvalue weighted by molar-refractivity contribution is 0.531. The Kier molecular flexibility index (Phi) is 5.22. The maximum Gasteiger partial charge on any atom is 0.147 e. The molecular formula is C10H14Cl2N2O2S. The molecule has 0 aliphatic heterocycles. The molecule has 1 atom stereocenters. The molecule has 3 N–H and O–H groups in total. The fourth-order valence-electron chi connectivity index (χ4n) is 1.41. The molecule has 0 radical (unpaired) electrons. The van der Waals surface area contributed by atoms with Crippen molar-refractivity contribution in [2.75, 3.05) is 12.0 Å². The quantitative estimate of drug-likeness (QED) is 0.643. The second-order valence-electron chi connectivity index (χ2n) is 3.81. The van der Waals surface area contributed by atoms with E-state index in [2.05, 4.69) is 5.43 Å². The van der Waals surface area contributed by atoms with Crippen LogP contribution in [0.1, 0.15) is 18.0 Å². The Morgan fingerprint density at radius 1 is 1.35 bits per heavy atom. The largest absolute Gasteiger partial charge is 0.271 e. The number of sulfone groups is 1. The number of nitrogens with one attached hydrogen (secondary N) is 1. The van der Waals surface area contributed by atoms with Gasteiger partial charge in [-0.05, 0) is 24.1 Å². The number of hydrogen-bond acceptors (Lipinski definition) is 4. The average Bonchev–Trinajstić information content (AvgIpc) is 2.22. The lowest BCUT2D eigenvalue weighted by Crippen LogP contribution is -2.29. The highest BCUT2D eigenvalue weighted by Gasteiger charge is 2.14. The Labute approximate surface area is 111 Å². The summed E-state index contributed by atoms with van der Waals surface area (Å²) in [6.45, 7) is 0. The highest BCUT2D eigenvalue weighted by molar-refractivity contribution is 7.90. The van der Waals surface area contributed by atoms with Gasteiger partial charge < -0.3 is 0 Å². The van der Waals surface area contributed by atoms with Gasteiger partial charge in [0.15, 0.2) is 0 Å². The summed E-state index contributed by atoms with van der Waals surface area (Å²) in [6, 6.07) is 4.83. The number of benzene rings is 1. The van der Waals surface area contributed by atoms with E-state index >= 15 is 0 Å². The molecule has 1 aromatic rings. The smallest absolute Gasteiger partial charge is 0.147 e. The van der Waals surface area contributed by atoms with Crippen LogP contribution in [0.5, 0.6) is 0 Å². The summed E-state index contributed by atoms with van der Waals surface area (Å²) in [5.74, 6) is 5.46. The van der Waals surface area contributed by atoms with Crippen molar-refractivity contribution in [1.29, 1.82) is 0 Å². The SMILES string of the molecule is CS(=O)(=O)CCC(NN)c1ccc(Cl)c(Cl)c1. The number of rotatable bonds is 5. The van der Waals surface area contributed by atoms with E-state index in [4.69, 9.17) is 29.0 Å². The summed E-state index contributed by atoms with van der Waals surface area (Å²) in [5.41, 5.74) is 3.38. The van der Waals surface area contributed by atoms with Crippen LogP contribution < -0.4 is 11.3 Å². The van der Waals surface area contributed by atoms with Crippen LogP contribution in [-0.4, -0.2) is 20.4 Å². The highest BCUT2D eigenvalue weighted by atomic mass is 35.5. The predicted octanol–water partition coefficient (Wildman–Crippen LogP) is 1.93. The number of hydrazine groups is 1. The molecule has 0 aromatic heterocycles. The lowest BCUT2D eigenvalue weighted by Gasteiger charge is -2.16. The monoisotopic (exact) mass is 296 g/mol. The van der Waals surface area contributed by atoms with E-state index in [1.165, 1.54) is 6.26 Å². The summed E-state index contributed by atoms with van der Waals surface area (Å²) in [7, 11) is -3.01. The minimum atomic E-state index is -3.01. The summed E-state index contributed by atoms with van der Waals surface area (Å²) in [5, 5.41) is 0.873. The van der Waals surface area contributed by atoms with Gasteiger partial charge in [-0.2, -0.15) is 0 Å². The van der Waals surface area contributed by atoms with Crippen LogP contribution >= 0.6 is 23.2 Å². The van der Waals surface area contributed by atoms with E-state index < -0.39 is 9.84 Å². The molecule has 1 unspecified atom stereocenters. The zero-order valence-corrected chi connectivity index (χ0v) is 11.6. The van der Waals surface area contributed by atoms with E-state index in [-0.39, 0.29) is 11.8 Å². The van der Waals surface area contributed by atoms with Crippen LogP contribution in [-0.2, 0) is 9.84 Å². The third-order valence-corrected chi connectivity index (χ3v) is 4.04. The molecule has 96 valence electrons. The zero-order chi connectivity index (χ0) is 13.1. The number of nitrogens with two attached hydrogens (primary N) is 1. The molecule has 7 heteroatoms. The fourth-order valence-corrected chi connectivity index (χ4v) is 2.38. The third-order valence-electron chi connectivity index (χ3n) is 2.32. The van der Waals surface area contributed by atoms with Crippen molar-refractivity contribution in [2.45, 2.75) is 12.5 Å². The summed E-state index contributed by atoms with van der Waals surface area (Å²) in [6.07, 6.45) is 1.57. The van der Waals surface area contributed by atoms with Crippen molar-refractivity contribution in [3.8, 4) is 0 Å². The van der Waals surface area contributed by atoms with Gasteiger partial charge in [0.1, 0.15) is 9.84 Å². The Morgan fingerprint density at radius 2 is 2.00 bits per heavy atom. The molecule has 0 saturated heterocycles. The Balaban J connectivity index is 2.83. The van der Waals surface area contributed by atoms with Gasteiger partial charge in [-0.1, -0.05) is 29.3 Å². The second kappa shape index (κ2) is 6.02. The highest BCUT2D eigenvalue weighted by Crippen LogP contribution is 2.26. The molecule has 0 aliphatic carbocycles. The molecule has 0 bridgehead atoms.